The fourth-order valence-electron chi connectivity index (χ4n) is 1.38. The second kappa shape index (κ2) is 3.60. The van der Waals surface area contributed by atoms with Gasteiger partial charge in [-0.25, -0.2) is 0 Å². The van der Waals surface area contributed by atoms with Gasteiger partial charge in [-0.1, -0.05) is 32.9 Å². The lowest BCUT2D eigenvalue weighted by molar-refractivity contribution is 0.589. The molecule has 72 valence electrons. The first-order valence-electron chi connectivity index (χ1n) is 4.59. The Morgan fingerprint density at radius 1 is 1.00 bits per heavy atom. The number of hydrogen-bond donors (Lipinski definition) is 0. The summed E-state index contributed by atoms with van der Waals surface area (Å²) in [5, 5.41) is 0. The molecule has 0 fully saturated rings. The van der Waals surface area contributed by atoms with Crippen LogP contribution in [0.4, 0.5) is 0 Å². The Balaban J connectivity index is 3.29. The first-order chi connectivity index (χ1) is 5.82. The van der Waals surface area contributed by atoms with Crippen LogP contribution in [0, 0.1) is 17.4 Å². The van der Waals surface area contributed by atoms with Crippen molar-refractivity contribution in [2.75, 3.05) is 0 Å². The van der Waals surface area contributed by atoms with Gasteiger partial charge in [-0.05, 0) is 58.5 Å². The van der Waals surface area contributed by atoms with E-state index in [0.29, 0.717) is 0 Å². The smallest absolute Gasteiger partial charge is 0.0188 e. The SMILES string of the molecule is Cc1cc(C(C)(C)C)cc(C)c1I. The van der Waals surface area contributed by atoms with Crippen molar-refractivity contribution in [3.63, 3.8) is 0 Å². The average Bonchev–Trinajstić information content (AvgIpc) is 1.97. The lowest BCUT2D eigenvalue weighted by atomic mass is 9.85. The van der Waals surface area contributed by atoms with Crippen LogP contribution in [-0.4, -0.2) is 0 Å². The largest absolute Gasteiger partial charge is 0.0561 e. The molecule has 0 aliphatic carbocycles. The third kappa shape index (κ3) is 2.46. The summed E-state index contributed by atoms with van der Waals surface area (Å²) in [5.74, 6) is 0. The molecule has 0 nitrogen and oxygen atoms in total. The monoisotopic (exact) mass is 288 g/mol. The lowest BCUT2D eigenvalue weighted by Crippen LogP contribution is -2.12. The van der Waals surface area contributed by atoms with Gasteiger partial charge in [0.1, 0.15) is 0 Å². The van der Waals surface area contributed by atoms with Crippen molar-refractivity contribution in [2.24, 2.45) is 0 Å². The fraction of sp³-hybridized carbons (Fsp3) is 0.500. The Morgan fingerprint density at radius 2 is 1.38 bits per heavy atom. The topological polar surface area (TPSA) is 0 Å². The average molecular weight is 288 g/mol. The molecule has 0 amide bonds. The summed E-state index contributed by atoms with van der Waals surface area (Å²) < 4.78 is 1.39. The molecule has 0 aliphatic rings. The van der Waals surface area contributed by atoms with Crippen molar-refractivity contribution < 1.29 is 0 Å². The van der Waals surface area contributed by atoms with Crippen molar-refractivity contribution in [1.82, 2.24) is 0 Å². The summed E-state index contributed by atoms with van der Waals surface area (Å²) in [6.07, 6.45) is 0. The highest BCUT2D eigenvalue weighted by molar-refractivity contribution is 14.1. The second-order valence-corrected chi connectivity index (χ2v) is 5.75. The van der Waals surface area contributed by atoms with Gasteiger partial charge < -0.3 is 0 Å². The molecular formula is C12H17I. The molecule has 0 aliphatic heterocycles. The van der Waals surface area contributed by atoms with Gasteiger partial charge in [-0.2, -0.15) is 0 Å². The minimum atomic E-state index is 0.264. The third-order valence-corrected chi connectivity index (χ3v) is 4.00. The number of halogens is 1. The highest BCUT2D eigenvalue weighted by Gasteiger charge is 2.15. The van der Waals surface area contributed by atoms with E-state index in [1.54, 1.807) is 0 Å². The Labute approximate surface area is 94.9 Å². The summed E-state index contributed by atoms with van der Waals surface area (Å²) in [7, 11) is 0. The number of aryl methyl sites for hydroxylation is 2. The Morgan fingerprint density at radius 3 is 1.69 bits per heavy atom. The quantitative estimate of drug-likeness (QED) is 0.627. The number of benzene rings is 1. The van der Waals surface area contributed by atoms with Crippen LogP contribution < -0.4 is 0 Å². The fourth-order valence-corrected chi connectivity index (χ4v) is 1.69. The highest BCUT2D eigenvalue weighted by atomic mass is 127. The number of hydrogen-bond acceptors (Lipinski definition) is 0. The van der Waals surface area contributed by atoms with Crippen molar-refractivity contribution in [1.29, 1.82) is 0 Å². The summed E-state index contributed by atoms with van der Waals surface area (Å²) in [5.41, 5.74) is 4.49. The third-order valence-electron chi connectivity index (χ3n) is 2.30. The van der Waals surface area contributed by atoms with E-state index in [9.17, 15) is 0 Å². The van der Waals surface area contributed by atoms with Crippen LogP contribution >= 0.6 is 22.6 Å². The molecule has 0 aromatic heterocycles. The minimum absolute atomic E-state index is 0.264. The predicted molar refractivity (Wildman–Crippen MR) is 67.3 cm³/mol. The van der Waals surface area contributed by atoms with Gasteiger partial charge in [0.15, 0.2) is 0 Å². The molecule has 1 rings (SSSR count). The Kier molecular flexibility index (Phi) is 3.05. The maximum Gasteiger partial charge on any atom is 0.0188 e. The lowest BCUT2D eigenvalue weighted by Gasteiger charge is -2.21. The molecule has 1 aromatic carbocycles. The minimum Gasteiger partial charge on any atom is -0.0561 e. The van der Waals surface area contributed by atoms with Crippen LogP contribution in [-0.2, 0) is 5.41 Å². The van der Waals surface area contributed by atoms with Gasteiger partial charge >= 0.3 is 0 Å². The van der Waals surface area contributed by atoms with Crippen LogP contribution in [0.3, 0.4) is 0 Å². The maximum atomic E-state index is 2.41. The van der Waals surface area contributed by atoms with Crippen molar-refractivity contribution in [2.45, 2.75) is 40.0 Å². The van der Waals surface area contributed by atoms with Crippen LogP contribution in [0.2, 0.25) is 0 Å². The summed E-state index contributed by atoms with van der Waals surface area (Å²) >= 11 is 2.41. The van der Waals surface area contributed by atoms with E-state index in [2.05, 4.69) is 69.3 Å². The van der Waals surface area contributed by atoms with E-state index in [0.717, 1.165) is 0 Å². The molecule has 0 saturated carbocycles. The second-order valence-electron chi connectivity index (χ2n) is 4.67. The molecule has 0 spiro atoms. The van der Waals surface area contributed by atoms with E-state index >= 15 is 0 Å². The summed E-state index contributed by atoms with van der Waals surface area (Å²) in [4.78, 5) is 0. The zero-order valence-corrected chi connectivity index (χ0v) is 11.2. The van der Waals surface area contributed by atoms with Crippen molar-refractivity contribution in [3.8, 4) is 0 Å². The first-order valence-corrected chi connectivity index (χ1v) is 5.67. The molecular weight excluding hydrogens is 271 g/mol. The summed E-state index contributed by atoms with van der Waals surface area (Å²) in [6.45, 7) is 11.1. The van der Waals surface area contributed by atoms with Crippen molar-refractivity contribution >= 4 is 22.6 Å². The van der Waals surface area contributed by atoms with Gasteiger partial charge in [0.2, 0.25) is 0 Å². The van der Waals surface area contributed by atoms with E-state index in [4.69, 9.17) is 0 Å². The van der Waals surface area contributed by atoms with E-state index in [1.807, 2.05) is 0 Å². The van der Waals surface area contributed by atoms with Gasteiger partial charge in [0.05, 0.1) is 0 Å². The molecule has 0 bridgehead atoms. The molecule has 13 heavy (non-hydrogen) atoms. The van der Waals surface area contributed by atoms with Crippen LogP contribution in [0.1, 0.15) is 37.5 Å². The number of rotatable bonds is 0. The molecule has 1 aromatic rings. The molecule has 0 heterocycles. The molecule has 0 radical (unpaired) electrons. The van der Waals surface area contributed by atoms with E-state index in [-0.39, 0.29) is 5.41 Å². The molecule has 0 atom stereocenters. The molecule has 0 unspecified atom stereocenters. The van der Waals surface area contributed by atoms with Gasteiger partial charge in [0.25, 0.3) is 0 Å². The molecule has 1 heteroatoms. The predicted octanol–water partition coefficient (Wildman–Crippen LogP) is 4.21. The molecule has 0 N–H and O–H groups in total. The van der Waals surface area contributed by atoms with E-state index in [1.165, 1.54) is 20.3 Å². The first kappa shape index (κ1) is 11.0. The highest BCUT2D eigenvalue weighted by Crippen LogP contribution is 2.27. The van der Waals surface area contributed by atoms with Crippen LogP contribution in [0.25, 0.3) is 0 Å². The van der Waals surface area contributed by atoms with Gasteiger partial charge in [-0.3, -0.25) is 0 Å². The van der Waals surface area contributed by atoms with Gasteiger partial charge in [-0.15, -0.1) is 0 Å². The standard InChI is InChI=1S/C12H17I/c1-8-6-10(12(3,4)5)7-9(2)11(8)13/h6-7H,1-5H3. The van der Waals surface area contributed by atoms with E-state index < -0.39 is 0 Å². The zero-order valence-electron chi connectivity index (χ0n) is 9.03. The van der Waals surface area contributed by atoms with Crippen LogP contribution in [0.5, 0.6) is 0 Å². The zero-order chi connectivity index (χ0) is 10.2. The normalized spacial score (nSPS) is 11.8. The maximum absolute atomic E-state index is 2.41. The Bertz CT molecular complexity index is 295. The Hall–Kier alpha value is -0.0500. The van der Waals surface area contributed by atoms with Gasteiger partial charge in [0, 0.05) is 3.57 Å². The molecule has 0 saturated heterocycles. The van der Waals surface area contributed by atoms with Crippen LogP contribution in [0.15, 0.2) is 12.1 Å². The van der Waals surface area contributed by atoms with Crippen molar-refractivity contribution in [3.05, 3.63) is 32.4 Å². The summed E-state index contributed by atoms with van der Waals surface area (Å²) in [6, 6.07) is 4.60.